The average molecular weight is 316 g/mol. The Morgan fingerprint density at radius 2 is 2.04 bits per heavy atom. The van der Waals surface area contributed by atoms with Crippen molar-refractivity contribution in [1.82, 2.24) is 4.90 Å². The van der Waals surface area contributed by atoms with Gasteiger partial charge >= 0.3 is 6.09 Å². The number of anilines is 1. The molecule has 0 unspecified atom stereocenters. The van der Waals surface area contributed by atoms with Gasteiger partial charge in [-0.2, -0.15) is 0 Å². The van der Waals surface area contributed by atoms with Crippen LogP contribution in [0.1, 0.15) is 31.9 Å². The molecule has 2 aromatic rings. The van der Waals surface area contributed by atoms with Crippen molar-refractivity contribution in [3.05, 3.63) is 54.0 Å². The molecule has 0 aliphatic carbocycles. The third-order valence-electron chi connectivity index (χ3n) is 3.13. The molecule has 1 amide bonds. The second-order valence-electron chi connectivity index (χ2n) is 6.52. The van der Waals surface area contributed by atoms with Crippen LogP contribution in [-0.2, 0) is 17.8 Å². The highest BCUT2D eigenvalue weighted by Gasteiger charge is 2.19. The minimum atomic E-state index is -0.487. The predicted molar refractivity (Wildman–Crippen MR) is 90.2 cm³/mol. The lowest BCUT2D eigenvalue weighted by atomic mass is 10.2. The molecular formula is C18H24N2O3. The van der Waals surface area contributed by atoms with Crippen LogP contribution in [0.3, 0.4) is 0 Å². The molecular weight excluding hydrogens is 292 g/mol. The van der Waals surface area contributed by atoms with E-state index in [0.29, 0.717) is 13.1 Å². The highest BCUT2D eigenvalue weighted by molar-refractivity contribution is 5.67. The van der Waals surface area contributed by atoms with Crippen LogP contribution in [-0.4, -0.2) is 23.6 Å². The van der Waals surface area contributed by atoms with E-state index in [-0.39, 0.29) is 6.09 Å². The van der Waals surface area contributed by atoms with Crippen molar-refractivity contribution < 1.29 is 13.9 Å². The summed E-state index contributed by atoms with van der Waals surface area (Å²) >= 11 is 0. The number of hydrogen-bond acceptors (Lipinski definition) is 4. The maximum absolute atomic E-state index is 12.0. The summed E-state index contributed by atoms with van der Waals surface area (Å²) in [6, 6.07) is 9.91. The summed E-state index contributed by atoms with van der Waals surface area (Å²) < 4.78 is 10.4. The van der Waals surface area contributed by atoms with Gasteiger partial charge in [-0.3, -0.25) is 0 Å². The Balaban J connectivity index is 1.92. The van der Waals surface area contributed by atoms with Gasteiger partial charge in [-0.25, -0.2) is 4.79 Å². The zero-order chi connectivity index (χ0) is 16.9. The van der Waals surface area contributed by atoms with Gasteiger partial charge in [0.2, 0.25) is 0 Å². The van der Waals surface area contributed by atoms with E-state index in [4.69, 9.17) is 9.15 Å². The van der Waals surface area contributed by atoms with Crippen molar-refractivity contribution in [3.8, 4) is 0 Å². The molecule has 23 heavy (non-hydrogen) atoms. The van der Waals surface area contributed by atoms with Crippen LogP contribution in [0, 0.1) is 0 Å². The SMILES string of the molecule is CN(Cc1cccc(NCc2ccoc2)c1)C(=O)OC(C)(C)C. The molecule has 0 aliphatic heterocycles. The summed E-state index contributed by atoms with van der Waals surface area (Å²) in [7, 11) is 1.74. The minimum Gasteiger partial charge on any atom is -0.472 e. The van der Waals surface area contributed by atoms with Crippen molar-refractivity contribution >= 4 is 11.8 Å². The quantitative estimate of drug-likeness (QED) is 0.895. The van der Waals surface area contributed by atoms with E-state index in [1.165, 1.54) is 0 Å². The maximum Gasteiger partial charge on any atom is 0.410 e. The number of nitrogens with one attached hydrogen (secondary N) is 1. The van der Waals surface area contributed by atoms with Gasteiger partial charge in [-0.1, -0.05) is 12.1 Å². The van der Waals surface area contributed by atoms with Crippen LogP contribution < -0.4 is 5.32 Å². The molecule has 0 atom stereocenters. The van der Waals surface area contributed by atoms with Gasteiger partial charge in [0.15, 0.2) is 0 Å². The van der Waals surface area contributed by atoms with Crippen LogP contribution in [0.25, 0.3) is 0 Å². The molecule has 1 aromatic carbocycles. The molecule has 0 saturated heterocycles. The van der Waals surface area contributed by atoms with Gasteiger partial charge in [0, 0.05) is 31.4 Å². The Morgan fingerprint density at radius 1 is 1.26 bits per heavy atom. The molecule has 0 aliphatic rings. The highest BCUT2D eigenvalue weighted by Crippen LogP contribution is 2.15. The fourth-order valence-electron chi connectivity index (χ4n) is 2.06. The largest absolute Gasteiger partial charge is 0.472 e. The molecule has 0 saturated carbocycles. The highest BCUT2D eigenvalue weighted by atomic mass is 16.6. The summed E-state index contributed by atoms with van der Waals surface area (Å²) in [6.45, 7) is 6.77. The Labute approximate surface area is 137 Å². The van der Waals surface area contributed by atoms with E-state index >= 15 is 0 Å². The smallest absolute Gasteiger partial charge is 0.410 e. The summed E-state index contributed by atoms with van der Waals surface area (Å²) in [5.41, 5.74) is 2.64. The average Bonchev–Trinajstić information content (AvgIpc) is 2.97. The molecule has 0 bridgehead atoms. The summed E-state index contributed by atoms with van der Waals surface area (Å²) in [6.07, 6.45) is 3.05. The Bertz CT molecular complexity index is 630. The second kappa shape index (κ2) is 7.22. The molecule has 2 rings (SSSR count). The van der Waals surface area contributed by atoms with Crippen LogP contribution in [0.4, 0.5) is 10.5 Å². The molecule has 5 heteroatoms. The van der Waals surface area contributed by atoms with Gasteiger partial charge in [0.1, 0.15) is 5.60 Å². The molecule has 5 nitrogen and oxygen atoms in total. The van der Waals surface area contributed by atoms with Gasteiger partial charge in [-0.05, 0) is 44.5 Å². The topological polar surface area (TPSA) is 54.7 Å². The van der Waals surface area contributed by atoms with Crippen molar-refractivity contribution in [1.29, 1.82) is 0 Å². The van der Waals surface area contributed by atoms with Gasteiger partial charge in [0.25, 0.3) is 0 Å². The predicted octanol–water partition coefficient (Wildman–Crippen LogP) is 4.26. The number of ether oxygens (including phenoxy) is 1. The van der Waals surface area contributed by atoms with E-state index in [9.17, 15) is 4.79 Å². The summed E-state index contributed by atoms with van der Waals surface area (Å²) in [5, 5.41) is 3.33. The van der Waals surface area contributed by atoms with Crippen molar-refractivity contribution in [3.63, 3.8) is 0 Å². The van der Waals surface area contributed by atoms with E-state index in [0.717, 1.165) is 16.8 Å². The van der Waals surface area contributed by atoms with Crippen molar-refractivity contribution in [2.45, 2.75) is 39.5 Å². The Hall–Kier alpha value is -2.43. The number of benzene rings is 1. The second-order valence-corrected chi connectivity index (χ2v) is 6.52. The minimum absolute atomic E-state index is 0.325. The lowest BCUT2D eigenvalue weighted by molar-refractivity contribution is 0.0285. The number of hydrogen-bond donors (Lipinski definition) is 1. The number of carbonyl (C=O) groups excluding carboxylic acids is 1. The first kappa shape index (κ1) is 16.9. The monoisotopic (exact) mass is 316 g/mol. The molecule has 1 aromatic heterocycles. The fraction of sp³-hybridized carbons (Fsp3) is 0.389. The normalized spacial score (nSPS) is 11.1. The first-order valence-electron chi connectivity index (χ1n) is 7.61. The van der Waals surface area contributed by atoms with E-state index < -0.39 is 5.60 Å². The Morgan fingerprint density at radius 3 is 2.70 bits per heavy atom. The van der Waals surface area contributed by atoms with Crippen molar-refractivity contribution in [2.75, 3.05) is 12.4 Å². The number of amides is 1. The number of nitrogens with zero attached hydrogens (tertiary/aromatic N) is 1. The van der Waals surface area contributed by atoms with Gasteiger partial charge < -0.3 is 19.4 Å². The third kappa shape index (κ3) is 5.70. The molecule has 0 radical (unpaired) electrons. The van der Waals surface area contributed by atoms with E-state index in [2.05, 4.69) is 5.32 Å². The first-order chi connectivity index (χ1) is 10.8. The standard InChI is InChI=1S/C18H24N2O3/c1-18(2,3)23-17(21)20(4)12-14-6-5-7-16(10-14)19-11-15-8-9-22-13-15/h5-10,13,19H,11-12H2,1-4H3. The molecule has 1 heterocycles. The third-order valence-corrected chi connectivity index (χ3v) is 3.13. The first-order valence-corrected chi connectivity index (χ1v) is 7.61. The Kier molecular flexibility index (Phi) is 5.32. The number of furan rings is 1. The molecule has 1 N–H and O–H groups in total. The summed E-state index contributed by atoms with van der Waals surface area (Å²) in [4.78, 5) is 13.6. The van der Waals surface area contributed by atoms with Gasteiger partial charge in [0.05, 0.1) is 12.5 Å². The molecule has 0 spiro atoms. The lowest BCUT2D eigenvalue weighted by Crippen LogP contribution is -2.33. The number of rotatable bonds is 5. The van der Waals surface area contributed by atoms with Crippen LogP contribution in [0.2, 0.25) is 0 Å². The van der Waals surface area contributed by atoms with Gasteiger partial charge in [-0.15, -0.1) is 0 Å². The van der Waals surface area contributed by atoms with Crippen LogP contribution in [0.5, 0.6) is 0 Å². The van der Waals surface area contributed by atoms with Crippen molar-refractivity contribution in [2.24, 2.45) is 0 Å². The molecule has 124 valence electrons. The summed E-state index contributed by atoms with van der Waals surface area (Å²) in [5.74, 6) is 0. The zero-order valence-corrected chi connectivity index (χ0v) is 14.1. The van der Waals surface area contributed by atoms with E-state index in [1.807, 2.05) is 51.1 Å². The maximum atomic E-state index is 12.0. The zero-order valence-electron chi connectivity index (χ0n) is 14.1. The molecule has 0 fully saturated rings. The lowest BCUT2D eigenvalue weighted by Gasteiger charge is -2.24. The van der Waals surface area contributed by atoms with Crippen LogP contribution >= 0.6 is 0 Å². The van der Waals surface area contributed by atoms with E-state index in [1.54, 1.807) is 24.5 Å². The number of carbonyl (C=O) groups is 1. The fourth-order valence-corrected chi connectivity index (χ4v) is 2.06. The van der Waals surface area contributed by atoms with Crippen LogP contribution in [0.15, 0.2) is 47.3 Å².